The second-order valence-corrected chi connectivity index (χ2v) is 8.14. The van der Waals surface area contributed by atoms with E-state index in [-0.39, 0.29) is 12.3 Å². The quantitative estimate of drug-likeness (QED) is 0.564. The van der Waals surface area contributed by atoms with E-state index in [4.69, 9.17) is 15.6 Å². The molecule has 1 amide bonds. The van der Waals surface area contributed by atoms with Crippen molar-refractivity contribution in [1.29, 1.82) is 0 Å². The Balaban J connectivity index is 1.79. The number of nitrogens with one attached hydrogen (secondary N) is 1. The molecule has 1 aliphatic carbocycles. The lowest BCUT2D eigenvalue weighted by molar-refractivity contribution is -0.120. The molecule has 0 atom stereocenters. The number of amides is 1. The van der Waals surface area contributed by atoms with Gasteiger partial charge in [0, 0.05) is 35.2 Å². The summed E-state index contributed by atoms with van der Waals surface area (Å²) in [4.78, 5) is 18.3. The van der Waals surface area contributed by atoms with Crippen molar-refractivity contribution in [3.8, 4) is 17.0 Å². The molecule has 0 saturated heterocycles. The van der Waals surface area contributed by atoms with E-state index in [9.17, 15) is 4.79 Å². The Hall–Kier alpha value is -3.14. The van der Waals surface area contributed by atoms with Gasteiger partial charge in [-0.1, -0.05) is 0 Å². The summed E-state index contributed by atoms with van der Waals surface area (Å²) in [5.41, 5.74) is 13.1. The number of hydrogen-bond acceptors (Lipinski definition) is 8. The molecular formula is C21H25N7O2S. The van der Waals surface area contributed by atoms with E-state index < -0.39 is 0 Å². The number of carbonyl (C=O) groups is 1. The smallest absolute Gasteiger partial charge is 0.224 e. The van der Waals surface area contributed by atoms with E-state index in [2.05, 4.69) is 19.8 Å². The number of amidine groups is 1. The van der Waals surface area contributed by atoms with E-state index in [1.807, 2.05) is 26.8 Å². The first-order valence-corrected chi connectivity index (χ1v) is 11.0. The summed E-state index contributed by atoms with van der Waals surface area (Å²) in [7, 11) is 1.65. The van der Waals surface area contributed by atoms with Gasteiger partial charge in [0.2, 0.25) is 5.91 Å². The molecule has 0 fully saturated rings. The van der Waals surface area contributed by atoms with E-state index in [1.165, 1.54) is 11.9 Å². The van der Waals surface area contributed by atoms with Crippen LogP contribution in [0.1, 0.15) is 40.6 Å². The van der Waals surface area contributed by atoms with Gasteiger partial charge in [0.15, 0.2) is 5.84 Å². The molecule has 0 radical (unpaired) electrons. The zero-order valence-corrected chi connectivity index (χ0v) is 18.8. The van der Waals surface area contributed by atoms with Crippen LogP contribution in [0.3, 0.4) is 0 Å². The molecule has 0 saturated carbocycles. The second-order valence-electron chi connectivity index (χ2n) is 7.41. The van der Waals surface area contributed by atoms with E-state index in [0.717, 1.165) is 45.0 Å². The van der Waals surface area contributed by atoms with Crippen LogP contribution in [-0.2, 0) is 23.5 Å². The topological polar surface area (TPSA) is 120 Å². The van der Waals surface area contributed by atoms with Crippen LogP contribution in [0.4, 0.5) is 0 Å². The van der Waals surface area contributed by atoms with Crippen LogP contribution < -0.4 is 15.8 Å². The molecule has 3 N–H and O–H groups in total. The van der Waals surface area contributed by atoms with Crippen molar-refractivity contribution >= 4 is 23.7 Å². The summed E-state index contributed by atoms with van der Waals surface area (Å²) >= 11 is 1.36. The summed E-state index contributed by atoms with van der Waals surface area (Å²) in [6, 6.07) is 1.96. The molecule has 0 spiro atoms. The number of nitrogens with two attached hydrogens (primary N) is 1. The lowest BCUT2D eigenvalue weighted by Crippen LogP contribution is -2.24. The third kappa shape index (κ3) is 3.95. The number of aromatic nitrogens is 4. The minimum absolute atomic E-state index is 0.0221. The van der Waals surface area contributed by atoms with Crippen LogP contribution in [0.5, 0.6) is 5.75 Å². The predicted molar refractivity (Wildman–Crippen MR) is 120 cm³/mol. The molecule has 162 valence electrons. The van der Waals surface area contributed by atoms with Crippen molar-refractivity contribution in [2.24, 2.45) is 10.1 Å². The fourth-order valence-electron chi connectivity index (χ4n) is 3.87. The fraction of sp³-hybridized carbons (Fsp3) is 0.381. The van der Waals surface area contributed by atoms with Gasteiger partial charge in [0.25, 0.3) is 0 Å². The molecule has 31 heavy (non-hydrogen) atoms. The molecule has 4 rings (SSSR count). The number of ether oxygens (including phenoxy) is 1. The number of pyridine rings is 1. The highest BCUT2D eigenvalue weighted by molar-refractivity contribution is 7.97. The van der Waals surface area contributed by atoms with Crippen molar-refractivity contribution < 1.29 is 9.53 Å². The SMILES string of the molecule is CCNC(=O)Cc1cc2nn(Cc3ncc(C)c(OC)c3C)nc3c-2c1CSN=C3N. The Labute approximate surface area is 185 Å². The number of nitrogens with zero attached hydrogens (tertiary/aromatic N) is 5. The highest BCUT2D eigenvalue weighted by Gasteiger charge is 2.28. The molecule has 9 nitrogen and oxygen atoms in total. The molecule has 0 unspecified atom stereocenters. The minimum atomic E-state index is -0.0221. The fourth-order valence-corrected chi connectivity index (χ4v) is 4.62. The Morgan fingerprint density at radius 1 is 1.35 bits per heavy atom. The second kappa shape index (κ2) is 8.54. The number of methoxy groups -OCH3 is 1. The Morgan fingerprint density at radius 2 is 2.16 bits per heavy atom. The van der Waals surface area contributed by atoms with Crippen LogP contribution in [-0.4, -0.2) is 45.4 Å². The monoisotopic (exact) mass is 439 g/mol. The third-order valence-electron chi connectivity index (χ3n) is 5.31. The first kappa shape index (κ1) is 21.1. The van der Waals surface area contributed by atoms with Crippen molar-refractivity contribution in [1.82, 2.24) is 25.3 Å². The van der Waals surface area contributed by atoms with Crippen molar-refractivity contribution in [2.45, 2.75) is 39.5 Å². The number of likely N-dealkylation sites (N-methyl/N-ethyl adjacent to an activating group) is 1. The van der Waals surface area contributed by atoms with Gasteiger partial charge in [-0.15, -0.1) is 0 Å². The molecule has 0 bridgehead atoms. The van der Waals surface area contributed by atoms with E-state index in [0.29, 0.717) is 30.4 Å². The lowest BCUT2D eigenvalue weighted by Gasteiger charge is -2.14. The van der Waals surface area contributed by atoms with Gasteiger partial charge in [0.1, 0.15) is 18.0 Å². The Kier molecular flexibility index (Phi) is 5.81. The standard InChI is InChI=1S/C21H25N7O2S/c1-5-23-17(29)7-13-6-15-18-14(13)10-31-27-21(22)19(18)26-28(25-15)9-16-12(3)20(30-4)11(2)8-24-16/h6,8H,5,7,9-10H2,1-4H3,(H2,22,27)(H,23,29). The summed E-state index contributed by atoms with van der Waals surface area (Å²) in [5.74, 6) is 1.76. The predicted octanol–water partition coefficient (Wildman–Crippen LogP) is 2.00. The average molecular weight is 440 g/mol. The zero-order valence-electron chi connectivity index (χ0n) is 18.0. The zero-order chi connectivity index (χ0) is 22.1. The minimum Gasteiger partial charge on any atom is -0.496 e. The molecule has 0 aromatic carbocycles. The van der Waals surface area contributed by atoms with Gasteiger partial charge in [0.05, 0.1) is 24.9 Å². The Morgan fingerprint density at radius 3 is 2.90 bits per heavy atom. The van der Waals surface area contributed by atoms with Crippen LogP contribution in [0.25, 0.3) is 11.3 Å². The number of hydrogen-bond donors (Lipinski definition) is 2. The number of aryl methyl sites for hydroxylation is 1. The summed E-state index contributed by atoms with van der Waals surface area (Å²) < 4.78 is 9.89. The van der Waals surface area contributed by atoms with Crippen molar-refractivity contribution in [3.05, 3.63) is 45.9 Å². The Bertz CT molecular complexity index is 1160. The van der Waals surface area contributed by atoms with Crippen molar-refractivity contribution in [2.75, 3.05) is 13.7 Å². The van der Waals surface area contributed by atoms with Gasteiger partial charge >= 0.3 is 0 Å². The molecule has 10 heteroatoms. The lowest BCUT2D eigenvalue weighted by atomic mass is 10.1. The summed E-state index contributed by atoms with van der Waals surface area (Å²) in [5, 5.41) is 12.2. The van der Waals surface area contributed by atoms with Gasteiger partial charge in [-0.05, 0) is 49.9 Å². The van der Waals surface area contributed by atoms with Gasteiger partial charge in [-0.3, -0.25) is 9.78 Å². The summed E-state index contributed by atoms with van der Waals surface area (Å²) in [6.45, 7) is 6.79. The summed E-state index contributed by atoms with van der Waals surface area (Å²) in [6.07, 6.45) is 2.07. The molecular weight excluding hydrogens is 414 g/mol. The van der Waals surface area contributed by atoms with E-state index >= 15 is 0 Å². The third-order valence-corrected chi connectivity index (χ3v) is 6.06. The van der Waals surface area contributed by atoms with E-state index in [1.54, 1.807) is 18.1 Å². The van der Waals surface area contributed by atoms with Crippen LogP contribution in [0.15, 0.2) is 16.7 Å². The normalized spacial score (nSPS) is 13.1. The maximum absolute atomic E-state index is 12.2. The number of rotatable bonds is 6. The largest absolute Gasteiger partial charge is 0.496 e. The highest BCUT2D eigenvalue weighted by Crippen LogP contribution is 2.37. The molecule has 1 aromatic rings. The van der Waals surface area contributed by atoms with Gasteiger partial charge in [-0.25, -0.2) is 0 Å². The highest BCUT2D eigenvalue weighted by atomic mass is 32.2. The van der Waals surface area contributed by atoms with Crippen molar-refractivity contribution in [3.63, 3.8) is 0 Å². The van der Waals surface area contributed by atoms with Gasteiger partial charge < -0.3 is 15.8 Å². The van der Waals surface area contributed by atoms with Crippen LogP contribution >= 0.6 is 11.9 Å². The first-order chi connectivity index (χ1) is 14.9. The maximum atomic E-state index is 12.2. The molecule has 1 aromatic heterocycles. The molecule has 2 aliphatic heterocycles. The molecule has 3 aliphatic rings. The first-order valence-electron chi connectivity index (χ1n) is 10.0. The average Bonchev–Trinajstić information content (AvgIpc) is 2.96. The van der Waals surface area contributed by atoms with Gasteiger partial charge in [-0.2, -0.15) is 19.4 Å². The maximum Gasteiger partial charge on any atom is 0.224 e. The number of carbonyl (C=O) groups excluding carboxylic acids is 1. The van der Waals surface area contributed by atoms with Crippen LogP contribution in [0.2, 0.25) is 0 Å². The van der Waals surface area contributed by atoms with Crippen LogP contribution in [0, 0.1) is 13.8 Å². The molecule has 3 heterocycles.